The van der Waals surface area contributed by atoms with Crippen molar-refractivity contribution in [2.45, 2.75) is 242 Å². The molecule has 0 aromatic carbocycles. The van der Waals surface area contributed by atoms with Gasteiger partial charge in [0.1, 0.15) is 36.8 Å². The van der Waals surface area contributed by atoms with Gasteiger partial charge in [0.25, 0.3) is 0 Å². The van der Waals surface area contributed by atoms with E-state index in [-0.39, 0.29) is 25.7 Å². The molecule has 1 unspecified atom stereocenters. The molecule has 12 atom stereocenters. The molecule has 0 aromatic rings. The van der Waals surface area contributed by atoms with Crippen molar-refractivity contribution in [1.29, 1.82) is 0 Å². The summed E-state index contributed by atoms with van der Waals surface area (Å²) in [5, 5.41) is 78.4. The summed E-state index contributed by atoms with van der Waals surface area (Å²) < 4.78 is 34.6. The predicted octanol–water partition coefficient (Wildman–Crippen LogP) is 6.98. The number of aliphatic hydroxyl groups is 7. The zero-order chi connectivity index (χ0) is 48.7. The maximum absolute atomic E-state index is 13.6. The van der Waals surface area contributed by atoms with Gasteiger partial charge in [0, 0.05) is 31.1 Å². The Hall–Kier alpha value is -2.08. The van der Waals surface area contributed by atoms with Crippen molar-refractivity contribution in [2.24, 2.45) is 11.8 Å². The van der Waals surface area contributed by atoms with E-state index < -0.39 is 112 Å². The van der Waals surface area contributed by atoms with Crippen molar-refractivity contribution in [3.8, 4) is 0 Å². The van der Waals surface area contributed by atoms with Crippen LogP contribution in [0.4, 0.5) is 0 Å². The van der Waals surface area contributed by atoms with E-state index in [0.717, 1.165) is 38.5 Å². The van der Waals surface area contributed by atoms with Gasteiger partial charge in [-0.25, -0.2) is 4.57 Å². The fourth-order valence-electron chi connectivity index (χ4n) is 8.46. The van der Waals surface area contributed by atoms with Crippen LogP contribution in [0.2, 0.25) is 0 Å². The molecule has 2 bridgehead atoms. The van der Waals surface area contributed by atoms with Gasteiger partial charge in [-0.15, -0.1) is 0 Å². The van der Waals surface area contributed by atoms with Crippen LogP contribution in [0.15, 0.2) is 24.3 Å². The van der Waals surface area contributed by atoms with Gasteiger partial charge < -0.3 is 50.1 Å². The minimum atomic E-state index is -5.45. The average Bonchev–Trinajstić information content (AvgIpc) is 3.28. The molecule has 1 saturated carbocycles. The van der Waals surface area contributed by atoms with E-state index in [1.54, 1.807) is 6.08 Å². The van der Waals surface area contributed by atoms with E-state index in [4.69, 9.17) is 18.5 Å². The lowest BCUT2D eigenvalue weighted by molar-refractivity contribution is -0.166. The van der Waals surface area contributed by atoms with E-state index in [1.165, 1.54) is 95.3 Å². The van der Waals surface area contributed by atoms with E-state index in [0.29, 0.717) is 25.7 Å². The topological polar surface area (TPSA) is 267 Å². The molecule has 2 rings (SSSR count). The molecule has 384 valence electrons. The second-order valence-electron chi connectivity index (χ2n) is 18.5. The highest BCUT2D eigenvalue weighted by molar-refractivity contribution is 7.47. The first-order valence-corrected chi connectivity index (χ1v) is 26.7. The summed E-state index contributed by atoms with van der Waals surface area (Å²) in [4.78, 5) is 50.0. The Bertz CT molecular complexity index is 1430. The monoisotopic (exact) mass is 963 g/mol. The standard InChI is InChI=1S/C49H87O16P/c1-3-5-7-8-9-10-11-12-13-14-15-16-17-18-19-20-25-29-42(53)62-34-37-35-63-66(60,61)65-49-47(58)45(56)39(32-31-36(50)27-23-6-4-2)41(52)33-40(51)38(44(55)46(57)48(49)59)28-24-21-22-26-30-43(54)64-37/h21,24,31-32,36-39,41,44-50,52,55-59H,3-20,22-23,25-30,33-35H2,1-2H3,(H,60,61)/b24-21-,32-31+/t36-,37+,38-,39-,41+,44+,45+,46-,47+,48+,49+/m0/s1. The van der Waals surface area contributed by atoms with Crippen LogP contribution in [-0.2, 0) is 37.5 Å². The molecule has 1 fully saturated rings. The Kier molecular flexibility index (Phi) is 31.9. The van der Waals surface area contributed by atoms with Gasteiger partial charge in [-0.1, -0.05) is 160 Å². The zero-order valence-electron chi connectivity index (χ0n) is 40.0. The highest BCUT2D eigenvalue weighted by atomic mass is 31.2. The van der Waals surface area contributed by atoms with Crippen LogP contribution in [0.3, 0.4) is 0 Å². The number of phosphoric ester groups is 1. The van der Waals surface area contributed by atoms with Crippen LogP contribution in [0, 0.1) is 11.8 Å². The van der Waals surface area contributed by atoms with E-state index in [2.05, 4.69) is 6.92 Å². The number of hydrogen-bond acceptors (Lipinski definition) is 15. The number of carbonyl (C=O) groups is 3. The number of Topliss-reactive ketones (excluding diaryl/α,β-unsaturated/α-hetero) is 1. The number of aliphatic hydroxyl groups excluding tert-OH is 7. The number of rotatable bonds is 26. The van der Waals surface area contributed by atoms with Crippen LogP contribution in [-0.4, -0.2) is 127 Å². The van der Waals surface area contributed by atoms with Gasteiger partial charge in [-0.3, -0.25) is 23.4 Å². The Morgan fingerprint density at radius 1 is 0.758 bits per heavy atom. The highest BCUT2D eigenvalue weighted by Crippen LogP contribution is 2.47. The fraction of sp³-hybridized carbons (Fsp3) is 0.857. The summed E-state index contributed by atoms with van der Waals surface area (Å²) in [7, 11) is -5.45. The SMILES string of the molecule is CCCCCCCCCCCCCCCCCCCC(=O)OC[C@@H]1COP(=O)(O)O[C@H]2[C@H](O)[C@@H](O)[C@H](O)[C@@H](C/C=C\CCCC(=O)O1)C(=O)C[C@@H](O)[C@H](/C=C/[C@@H](O)CCCCC)[C@@H](O)[C@H]2O. The number of hydrogen-bond donors (Lipinski definition) is 8. The van der Waals surface area contributed by atoms with Crippen LogP contribution in [0.25, 0.3) is 0 Å². The van der Waals surface area contributed by atoms with Crippen molar-refractivity contribution < 1.29 is 78.1 Å². The second-order valence-corrected chi connectivity index (χ2v) is 19.9. The van der Waals surface area contributed by atoms with E-state index in [1.807, 2.05) is 6.92 Å². The summed E-state index contributed by atoms with van der Waals surface area (Å²) in [5.41, 5.74) is 0. The minimum absolute atomic E-state index is 0.108. The van der Waals surface area contributed by atoms with Gasteiger partial charge >= 0.3 is 19.8 Å². The lowest BCUT2D eigenvalue weighted by atomic mass is 9.84. The Morgan fingerprint density at radius 2 is 1.30 bits per heavy atom. The van der Waals surface area contributed by atoms with Gasteiger partial charge in [-0.05, 0) is 32.1 Å². The normalized spacial score (nSPS) is 30.9. The molecule has 8 N–H and O–H groups in total. The molecule has 17 heteroatoms. The number of cyclic esters (lactones) is 1. The number of carbonyl (C=O) groups excluding carboxylic acids is 3. The first-order valence-electron chi connectivity index (χ1n) is 25.2. The quantitative estimate of drug-likeness (QED) is 0.0188. The third-order valence-corrected chi connectivity index (χ3v) is 13.6. The van der Waals surface area contributed by atoms with E-state index >= 15 is 0 Å². The van der Waals surface area contributed by atoms with Crippen molar-refractivity contribution >= 4 is 25.5 Å². The average molecular weight is 963 g/mol. The number of ketones is 1. The van der Waals surface area contributed by atoms with Crippen molar-refractivity contribution in [3.63, 3.8) is 0 Å². The first-order chi connectivity index (χ1) is 31.6. The van der Waals surface area contributed by atoms with Gasteiger partial charge in [-0.2, -0.15) is 0 Å². The molecule has 16 nitrogen and oxygen atoms in total. The van der Waals surface area contributed by atoms with Gasteiger partial charge in [0.05, 0.1) is 31.0 Å². The summed E-state index contributed by atoms with van der Waals surface area (Å²) in [6.07, 6.45) is 10.5. The molecule has 0 spiro atoms. The second kappa shape index (κ2) is 35.1. The van der Waals surface area contributed by atoms with E-state index in [9.17, 15) is 59.6 Å². The number of fused-ring (bicyclic) bond motifs is 4. The molecule has 2 aliphatic rings. The Labute approximate surface area is 394 Å². The number of ether oxygens (including phenoxy) is 2. The van der Waals surface area contributed by atoms with Gasteiger partial charge in [0.15, 0.2) is 6.10 Å². The smallest absolute Gasteiger partial charge is 0.462 e. The molecule has 0 aromatic heterocycles. The summed E-state index contributed by atoms with van der Waals surface area (Å²) >= 11 is 0. The molecule has 0 amide bonds. The molecule has 0 radical (unpaired) electrons. The summed E-state index contributed by atoms with van der Waals surface area (Å²) in [5.74, 6) is -5.04. The molecule has 0 saturated heterocycles. The third kappa shape index (κ3) is 25.0. The summed E-state index contributed by atoms with van der Waals surface area (Å²) in [6.45, 7) is 2.83. The van der Waals surface area contributed by atoms with Crippen molar-refractivity contribution in [2.75, 3.05) is 13.2 Å². The maximum Gasteiger partial charge on any atom is 0.472 e. The maximum atomic E-state index is 13.6. The number of esters is 2. The molecule has 66 heavy (non-hydrogen) atoms. The van der Waals surface area contributed by atoms with Crippen molar-refractivity contribution in [1.82, 2.24) is 0 Å². The Morgan fingerprint density at radius 3 is 1.89 bits per heavy atom. The largest absolute Gasteiger partial charge is 0.472 e. The van der Waals surface area contributed by atoms with Crippen LogP contribution in [0.5, 0.6) is 0 Å². The molecular weight excluding hydrogens is 875 g/mol. The number of unbranched alkanes of at least 4 members (excludes halogenated alkanes) is 18. The highest BCUT2D eigenvalue weighted by Gasteiger charge is 2.49. The predicted molar refractivity (Wildman–Crippen MR) is 250 cm³/mol. The Balaban J connectivity index is 2.07. The molecule has 1 aliphatic carbocycles. The lowest BCUT2D eigenvalue weighted by Crippen LogP contribution is -2.55. The molecule has 1 heterocycles. The van der Waals surface area contributed by atoms with Crippen LogP contribution >= 0.6 is 7.82 Å². The van der Waals surface area contributed by atoms with Gasteiger partial charge in [0.2, 0.25) is 0 Å². The molecular formula is C49H87O16P. The number of allylic oxidation sites excluding steroid dienone is 2. The molecule has 1 aliphatic heterocycles. The van der Waals surface area contributed by atoms with Crippen molar-refractivity contribution in [3.05, 3.63) is 24.3 Å². The fourth-order valence-corrected chi connectivity index (χ4v) is 9.44. The summed E-state index contributed by atoms with van der Waals surface area (Å²) in [6, 6.07) is 0. The first kappa shape index (κ1) is 60.0. The van der Waals surface area contributed by atoms with Crippen LogP contribution in [0.1, 0.15) is 187 Å². The van der Waals surface area contributed by atoms with Crippen LogP contribution < -0.4 is 0 Å². The minimum Gasteiger partial charge on any atom is -0.462 e. The zero-order valence-corrected chi connectivity index (χ0v) is 40.9. The number of phosphoric acid groups is 1. The third-order valence-electron chi connectivity index (χ3n) is 12.7. The lowest BCUT2D eigenvalue weighted by Gasteiger charge is -2.36.